The van der Waals surface area contributed by atoms with Crippen molar-refractivity contribution < 1.29 is 9.84 Å². The SMILES string of the molecule is Cl.N[C@H](c1ccc(O)c(Cl)c1)C1CCOCC1. The Morgan fingerprint density at radius 1 is 1.35 bits per heavy atom. The molecule has 0 amide bonds. The number of nitrogens with two attached hydrogens (primary N) is 1. The lowest BCUT2D eigenvalue weighted by Gasteiger charge is -2.28. The first-order valence-corrected chi connectivity index (χ1v) is 5.88. The summed E-state index contributed by atoms with van der Waals surface area (Å²) < 4.78 is 5.31. The topological polar surface area (TPSA) is 55.5 Å². The van der Waals surface area contributed by atoms with Gasteiger partial charge in [-0.1, -0.05) is 17.7 Å². The van der Waals surface area contributed by atoms with E-state index < -0.39 is 0 Å². The standard InChI is InChI=1S/C12H16ClNO2.ClH/c13-10-7-9(1-2-11(10)15)12(14)8-3-5-16-6-4-8;/h1-2,7-8,12,15H,3-6,14H2;1H/t12-;/m0./s1. The van der Waals surface area contributed by atoms with Gasteiger partial charge in [-0.15, -0.1) is 12.4 Å². The Labute approximate surface area is 112 Å². The number of benzene rings is 1. The summed E-state index contributed by atoms with van der Waals surface area (Å²) in [6.07, 6.45) is 1.97. The summed E-state index contributed by atoms with van der Waals surface area (Å²) in [7, 11) is 0. The van der Waals surface area contributed by atoms with E-state index in [9.17, 15) is 5.11 Å². The van der Waals surface area contributed by atoms with Gasteiger partial charge in [0.1, 0.15) is 5.75 Å². The molecule has 0 bridgehead atoms. The lowest BCUT2D eigenvalue weighted by molar-refractivity contribution is 0.0584. The highest BCUT2D eigenvalue weighted by molar-refractivity contribution is 6.32. The molecule has 3 N–H and O–H groups in total. The Balaban J connectivity index is 0.00000144. The first kappa shape index (κ1) is 14.6. The molecule has 1 saturated heterocycles. The van der Waals surface area contributed by atoms with Gasteiger partial charge in [0.2, 0.25) is 0 Å². The Bertz CT molecular complexity index is 368. The molecule has 2 rings (SSSR count). The van der Waals surface area contributed by atoms with Crippen LogP contribution in [0.5, 0.6) is 5.75 Å². The molecule has 1 aromatic rings. The summed E-state index contributed by atoms with van der Waals surface area (Å²) in [5.74, 6) is 0.541. The van der Waals surface area contributed by atoms with Crippen LogP contribution >= 0.6 is 24.0 Å². The van der Waals surface area contributed by atoms with Crippen molar-refractivity contribution in [2.75, 3.05) is 13.2 Å². The number of ether oxygens (including phenoxy) is 1. The average molecular weight is 278 g/mol. The largest absolute Gasteiger partial charge is 0.506 e. The fourth-order valence-electron chi connectivity index (χ4n) is 2.08. The summed E-state index contributed by atoms with van der Waals surface area (Å²) >= 11 is 5.87. The zero-order chi connectivity index (χ0) is 11.5. The molecule has 1 heterocycles. The molecule has 0 aliphatic carbocycles. The second-order valence-corrected chi connectivity index (χ2v) is 4.59. The van der Waals surface area contributed by atoms with Crippen LogP contribution in [0.15, 0.2) is 18.2 Å². The third-order valence-electron chi connectivity index (χ3n) is 3.13. The van der Waals surface area contributed by atoms with Gasteiger partial charge < -0.3 is 15.6 Å². The first-order valence-electron chi connectivity index (χ1n) is 5.50. The van der Waals surface area contributed by atoms with Gasteiger partial charge in [-0.25, -0.2) is 0 Å². The Kier molecular flexibility index (Phi) is 5.53. The fourth-order valence-corrected chi connectivity index (χ4v) is 2.27. The van der Waals surface area contributed by atoms with Crippen molar-refractivity contribution >= 4 is 24.0 Å². The van der Waals surface area contributed by atoms with Crippen LogP contribution in [-0.2, 0) is 4.74 Å². The van der Waals surface area contributed by atoms with E-state index in [1.165, 1.54) is 0 Å². The number of phenolic OH excluding ortho intramolecular Hbond substituents is 1. The molecule has 0 radical (unpaired) electrons. The van der Waals surface area contributed by atoms with E-state index in [2.05, 4.69) is 0 Å². The molecular formula is C12H17Cl2NO2. The molecule has 1 aliphatic heterocycles. The molecule has 96 valence electrons. The van der Waals surface area contributed by atoms with Crippen LogP contribution < -0.4 is 5.73 Å². The van der Waals surface area contributed by atoms with Crippen molar-refractivity contribution in [2.45, 2.75) is 18.9 Å². The van der Waals surface area contributed by atoms with E-state index >= 15 is 0 Å². The second kappa shape index (κ2) is 6.45. The van der Waals surface area contributed by atoms with E-state index in [4.69, 9.17) is 22.1 Å². The molecule has 1 atom stereocenters. The van der Waals surface area contributed by atoms with E-state index in [0.29, 0.717) is 10.9 Å². The molecule has 5 heteroatoms. The van der Waals surface area contributed by atoms with Gasteiger partial charge in [-0.05, 0) is 36.5 Å². The molecule has 1 fully saturated rings. The second-order valence-electron chi connectivity index (χ2n) is 4.19. The van der Waals surface area contributed by atoms with Crippen molar-refractivity contribution in [3.8, 4) is 5.75 Å². The Morgan fingerprint density at radius 3 is 2.59 bits per heavy atom. The lowest BCUT2D eigenvalue weighted by Crippen LogP contribution is -2.27. The van der Waals surface area contributed by atoms with E-state index in [1.54, 1.807) is 12.1 Å². The molecule has 0 saturated carbocycles. The molecule has 1 aliphatic rings. The average Bonchev–Trinajstić information content (AvgIpc) is 2.33. The quantitative estimate of drug-likeness (QED) is 0.874. The van der Waals surface area contributed by atoms with Crippen molar-refractivity contribution in [3.63, 3.8) is 0 Å². The lowest BCUT2D eigenvalue weighted by atomic mass is 9.88. The molecule has 0 unspecified atom stereocenters. The predicted molar refractivity (Wildman–Crippen MR) is 70.8 cm³/mol. The minimum atomic E-state index is -0.0259. The first-order chi connectivity index (χ1) is 7.68. The highest BCUT2D eigenvalue weighted by Crippen LogP contribution is 2.32. The third-order valence-corrected chi connectivity index (χ3v) is 3.43. The van der Waals surface area contributed by atoms with Crippen LogP contribution in [0.25, 0.3) is 0 Å². The number of aromatic hydroxyl groups is 1. The van der Waals surface area contributed by atoms with Crippen molar-refractivity contribution in [3.05, 3.63) is 28.8 Å². The monoisotopic (exact) mass is 277 g/mol. The van der Waals surface area contributed by atoms with E-state index in [-0.39, 0.29) is 24.2 Å². The van der Waals surface area contributed by atoms with Gasteiger partial charge in [0.15, 0.2) is 0 Å². The fraction of sp³-hybridized carbons (Fsp3) is 0.500. The van der Waals surface area contributed by atoms with Crippen molar-refractivity contribution in [1.82, 2.24) is 0 Å². The van der Waals surface area contributed by atoms with Crippen LogP contribution in [-0.4, -0.2) is 18.3 Å². The number of hydrogen-bond donors (Lipinski definition) is 2. The van der Waals surface area contributed by atoms with Gasteiger partial charge in [0.25, 0.3) is 0 Å². The van der Waals surface area contributed by atoms with Crippen LogP contribution in [0, 0.1) is 5.92 Å². The maximum Gasteiger partial charge on any atom is 0.134 e. The van der Waals surface area contributed by atoms with Gasteiger partial charge >= 0.3 is 0 Å². The molecule has 0 spiro atoms. The zero-order valence-corrected chi connectivity index (χ0v) is 11.0. The van der Waals surface area contributed by atoms with E-state index in [0.717, 1.165) is 31.6 Å². The number of phenols is 1. The van der Waals surface area contributed by atoms with Gasteiger partial charge in [0.05, 0.1) is 5.02 Å². The number of halogens is 2. The minimum Gasteiger partial charge on any atom is -0.506 e. The molecule has 3 nitrogen and oxygen atoms in total. The molecular weight excluding hydrogens is 261 g/mol. The summed E-state index contributed by atoms with van der Waals surface area (Å²) in [6, 6.07) is 5.15. The highest BCUT2D eigenvalue weighted by Gasteiger charge is 2.22. The van der Waals surface area contributed by atoms with Crippen molar-refractivity contribution in [1.29, 1.82) is 0 Å². The van der Waals surface area contributed by atoms with E-state index in [1.807, 2.05) is 6.07 Å². The third kappa shape index (κ3) is 3.49. The minimum absolute atomic E-state index is 0. The summed E-state index contributed by atoms with van der Waals surface area (Å²) in [5, 5.41) is 9.70. The van der Waals surface area contributed by atoms with Gasteiger partial charge in [0, 0.05) is 19.3 Å². The predicted octanol–water partition coefficient (Wildman–Crippen LogP) is 2.89. The van der Waals surface area contributed by atoms with Crippen LogP contribution in [0.3, 0.4) is 0 Å². The Morgan fingerprint density at radius 2 is 2.00 bits per heavy atom. The zero-order valence-electron chi connectivity index (χ0n) is 9.43. The van der Waals surface area contributed by atoms with Crippen LogP contribution in [0.2, 0.25) is 5.02 Å². The maximum atomic E-state index is 9.34. The molecule has 0 aromatic heterocycles. The van der Waals surface area contributed by atoms with Gasteiger partial charge in [-0.2, -0.15) is 0 Å². The smallest absolute Gasteiger partial charge is 0.134 e. The summed E-state index contributed by atoms with van der Waals surface area (Å²) in [5.41, 5.74) is 7.17. The number of hydrogen-bond acceptors (Lipinski definition) is 3. The van der Waals surface area contributed by atoms with Gasteiger partial charge in [-0.3, -0.25) is 0 Å². The highest BCUT2D eigenvalue weighted by atomic mass is 35.5. The number of rotatable bonds is 2. The summed E-state index contributed by atoms with van der Waals surface area (Å²) in [4.78, 5) is 0. The van der Waals surface area contributed by atoms with Crippen molar-refractivity contribution in [2.24, 2.45) is 11.7 Å². The normalized spacial score (nSPS) is 18.5. The van der Waals surface area contributed by atoms with Crippen LogP contribution in [0.1, 0.15) is 24.4 Å². The van der Waals surface area contributed by atoms with Crippen LogP contribution in [0.4, 0.5) is 0 Å². The summed E-state index contributed by atoms with van der Waals surface area (Å²) in [6.45, 7) is 1.56. The molecule has 1 aromatic carbocycles. The maximum absolute atomic E-state index is 9.34. The Hall–Kier alpha value is -0.480. The molecule has 17 heavy (non-hydrogen) atoms.